The Morgan fingerprint density at radius 3 is 2.56 bits per heavy atom. The summed E-state index contributed by atoms with van der Waals surface area (Å²) in [5.41, 5.74) is -0.0974. The van der Waals surface area contributed by atoms with E-state index in [0.29, 0.717) is 24.0 Å². The van der Waals surface area contributed by atoms with Crippen molar-refractivity contribution >= 4 is 11.6 Å². The summed E-state index contributed by atoms with van der Waals surface area (Å²) in [5, 5.41) is 10.6. The Labute approximate surface area is 99.9 Å². The molecule has 1 fully saturated rings. The van der Waals surface area contributed by atoms with Crippen molar-refractivity contribution in [2.75, 3.05) is 13.2 Å². The molecule has 1 aromatic rings. The number of hydrogen-bond acceptors (Lipinski definition) is 3. The summed E-state index contributed by atoms with van der Waals surface area (Å²) in [4.78, 5) is 0. The molecule has 1 saturated heterocycles. The molecule has 0 aromatic heterocycles. The number of benzene rings is 1. The molecule has 0 radical (unpaired) electrons. The second-order valence-electron chi connectivity index (χ2n) is 4.34. The van der Waals surface area contributed by atoms with Crippen LogP contribution in [0.25, 0.3) is 0 Å². The molecule has 1 aliphatic heterocycles. The smallest absolute Gasteiger partial charge is 0.138 e. The van der Waals surface area contributed by atoms with Crippen LogP contribution in [0.5, 0.6) is 5.75 Å². The lowest BCUT2D eigenvalue weighted by Crippen LogP contribution is -2.46. The van der Waals surface area contributed by atoms with Crippen LogP contribution in [-0.2, 0) is 10.3 Å². The lowest BCUT2D eigenvalue weighted by atomic mass is 9.92. The van der Waals surface area contributed by atoms with E-state index >= 15 is 0 Å². The molecule has 0 bridgehead atoms. The highest BCUT2D eigenvalue weighted by Gasteiger charge is 2.38. The van der Waals surface area contributed by atoms with Crippen LogP contribution in [0, 0.1) is 0 Å². The van der Waals surface area contributed by atoms with Crippen LogP contribution < -0.4 is 4.74 Å². The standard InChI is InChI=1S/C12H15ClO3/c1-8(2)16-11-4-3-9(5-10(11)13)12(14)6-15-7-12/h3-5,8,14H,6-7H2,1-2H3. The molecule has 2 rings (SSSR count). The molecule has 0 amide bonds. The fourth-order valence-corrected chi connectivity index (χ4v) is 1.83. The van der Waals surface area contributed by atoms with Gasteiger partial charge in [-0.15, -0.1) is 0 Å². The molecule has 0 atom stereocenters. The van der Waals surface area contributed by atoms with Gasteiger partial charge in [-0.05, 0) is 31.5 Å². The highest BCUT2D eigenvalue weighted by atomic mass is 35.5. The van der Waals surface area contributed by atoms with Gasteiger partial charge in [0.1, 0.15) is 11.4 Å². The molecule has 1 aliphatic rings. The SMILES string of the molecule is CC(C)Oc1ccc(C2(O)COC2)cc1Cl. The van der Waals surface area contributed by atoms with Gasteiger partial charge in [0.05, 0.1) is 24.3 Å². The number of hydrogen-bond donors (Lipinski definition) is 1. The van der Waals surface area contributed by atoms with Crippen LogP contribution in [0.3, 0.4) is 0 Å². The molecule has 0 unspecified atom stereocenters. The van der Waals surface area contributed by atoms with Crippen molar-refractivity contribution < 1.29 is 14.6 Å². The minimum absolute atomic E-state index is 0.0819. The first-order chi connectivity index (χ1) is 7.51. The lowest BCUT2D eigenvalue weighted by molar-refractivity contribution is -0.184. The summed E-state index contributed by atoms with van der Waals surface area (Å²) in [6, 6.07) is 5.35. The van der Waals surface area contributed by atoms with Crippen molar-refractivity contribution in [2.45, 2.75) is 25.6 Å². The Kier molecular flexibility index (Phi) is 3.10. The molecular formula is C12H15ClO3. The van der Waals surface area contributed by atoms with Gasteiger partial charge in [-0.1, -0.05) is 17.7 Å². The fourth-order valence-electron chi connectivity index (χ4n) is 1.60. The molecule has 1 aromatic carbocycles. The monoisotopic (exact) mass is 242 g/mol. The second kappa shape index (κ2) is 4.24. The van der Waals surface area contributed by atoms with Crippen LogP contribution >= 0.6 is 11.6 Å². The van der Waals surface area contributed by atoms with E-state index in [0.717, 1.165) is 5.56 Å². The van der Waals surface area contributed by atoms with E-state index in [1.54, 1.807) is 12.1 Å². The number of halogens is 1. The molecule has 16 heavy (non-hydrogen) atoms. The summed E-state index contributed by atoms with van der Waals surface area (Å²) >= 11 is 6.08. The number of rotatable bonds is 3. The van der Waals surface area contributed by atoms with Crippen LogP contribution in [-0.4, -0.2) is 24.4 Å². The van der Waals surface area contributed by atoms with Gasteiger partial charge in [0.2, 0.25) is 0 Å². The topological polar surface area (TPSA) is 38.7 Å². The second-order valence-corrected chi connectivity index (χ2v) is 4.74. The van der Waals surface area contributed by atoms with E-state index in [1.807, 2.05) is 19.9 Å². The van der Waals surface area contributed by atoms with Crippen molar-refractivity contribution in [3.8, 4) is 5.75 Å². The van der Waals surface area contributed by atoms with E-state index in [9.17, 15) is 5.11 Å². The Morgan fingerprint density at radius 1 is 1.44 bits per heavy atom. The molecule has 1 heterocycles. The third-order valence-electron chi connectivity index (χ3n) is 2.51. The van der Waals surface area contributed by atoms with Gasteiger partial charge in [-0.2, -0.15) is 0 Å². The minimum Gasteiger partial charge on any atom is -0.489 e. The molecule has 0 spiro atoms. The van der Waals surface area contributed by atoms with Crippen molar-refractivity contribution in [3.63, 3.8) is 0 Å². The highest BCUT2D eigenvalue weighted by molar-refractivity contribution is 6.32. The predicted octanol–water partition coefficient (Wildman–Crippen LogP) is 2.35. The fraction of sp³-hybridized carbons (Fsp3) is 0.500. The van der Waals surface area contributed by atoms with Gasteiger partial charge >= 0.3 is 0 Å². The zero-order valence-corrected chi connectivity index (χ0v) is 10.1. The van der Waals surface area contributed by atoms with E-state index < -0.39 is 5.60 Å². The van der Waals surface area contributed by atoms with Gasteiger partial charge in [0, 0.05) is 0 Å². The molecule has 0 aliphatic carbocycles. The number of aliphatic hydroxyl groups is 1. The predicted molar refractivity (Wildman–Crippen MR) is 61.9 cm³/mol. The van der Waals surface area contributed by atoms with Gasteiger partial charge in [-0.25, -0.2) is 0 Å². The minimum atomic E-state index is -0.875. The Balaban J connectivity index is 2.22. The average Bonchev–Trinajstić information content (AvgIpc) is 2.17. The summed E-state index contributed by atoms with van der Waals surface area (Å²) in [7, 11) is 0. The Morgan fingerprint density at radius 2 is 2.12 bits per heavy atom. The maximum Gasteiger partial charge on any atom is 0.138 e. The summed E-state index contributed by atoms with van der Waals surface area (Å²) in [6.07, 6.45) is 0.0819. The third kappa shape index (κ3) is 2.17. The van der Waals surface area contributed by atoms with Gasteiger partial charge < -0.3 is 14.6 Å². The Hall–Kier alpha value is -0.770. The van der Waals surface area contributed by atoms with Gasteiger partial charge in [0.15, 0.2) is 0 Å². The summed E-state index contributed by atoms with van der Waals surface area (Å²) in [6.45, 7) is 4.54. The van der Waals surface area contributed by atoms with Crippen LogP contribution in [0.4, 0.5) is 0 Å². The Bertz CT molecular complexity index is 386. The molecule has 0 saturated carbocycles. The normalized spacial score (nSPS) is 18.3. The van der Waals surface area contributed by atoms with Crippen LogP contribution in [0.1, 0.15) is 19.4 Å². The molecule has 3 nitrogen and oxygen atoms in total. The van der Waals surface area contributed by atoms with Gasteiger partial charge in [-0.3, -0.25) is 0 Å². The highest BCUT2D eigenvalue weighted by Crippen LogP contribution is 2.34. The van der Waals surface area contributed by atoms with Crippen LogP contribution in [0.15, 0.2) is 18.2 Å². The zero-order chi connectivity index (χ0) is 11.8. The van der Waals surface area contributed by atoms with E-state index in [-0.39, 0.29) is 6.10 Å². The average molecular weight is 243 g/mol. The molecular weight excluding hydrogens is 228 g/mol. The first-order valence-corrected chi connectivity index (χ1v) is 5.66. The van der Waals surface area contributed by atoms with Gasteiger partial charge in [0.25, 0.3) is 0 Å². The maximum atomic E-state index is 10.1. The van der Waals surface area contributed by atoms with Crippen LogP contribution in [0.2, 0.25) is 5.02 Å². The zero-order valence-electron chi connectivity index (χ0n) is 9.37. The van der Waals surface area contributed by atoms with Crippen molar-refractivity contribution in [1.29, 1.82) is 0 Å². The first kappa shape index (κ1) is 11.7. The molecule has 88 valence electrons. The van der Waals surface area contributed by atoms with Crippen molar-refractivity contribution in [2.24, 2.45) is 0 Å². The summed E-state index contributed by atoms with van der Waals surface area (Å²) < 4.78 is 10.5. The van der Waals surface area contributed by atoms with E-state index in [4.69, 9.17) is 21.1 Å². The van der Waals surface area contributed by atoms with Crippen molar-refractivity contribution in [3.05, 3.63) is 28.8 Å². The van der Waals surface area contributed by atoms with Crippen molar-refractivity contribution in [1.82, 2.24) is 0 Å². The maximum absolute atomic E-state index is 10.1. The summed E-state index contributed by atoms with van der Waals surface area (Å²) in [5.74, 6) is 0.643. The van der Waals surface area contributed by atoms with E-state index in [2.05, 4.69) is 0 Å². The van der Waals surface area contributed by atoms with E-state index in [1.165, 1.54) is 0 Å². The molecule has 4 heteroatoms. The number of ether oxygens (including phenoxy) is 2. The quantitative estimate of drug-likeness (QED) is 0.884. The first-order valence-electron chi connectivity index (χ1n) is 5.28. The lowest BCUT2D eigenvalue weighted by Gasteiger charge is -2.36. The third-order valence-corrected chi connectivity index (χ3v) is 2.81. The largest absolute Gasteiger partial charge is 0.489 e. The molecule has 1 N–H and O–H groups in total.